The van der Waals surface area contributed by atoms with Crippen LogP contribution in [-0.4, -0.2) is 6.04 Å². The van der Waals surface area contributed by atoms with E-state index in [4.69, 9.17) is 0 Å². The van der Waals surface area contributed by atoms with Crippen molar-refractivity contribution < 1.29 is 0 Å². The van der Waals surface area contributed by atoms with Crippen LogP contribution in [0, 0.1) is 11.8 Å². The first-order chi connectivity index (χ1) is 8.13. The van der Waals surface area contributed by atoms with Crippen molar-refractivity contribution in [2.45, 2.75) is 45.7 Å². The molecule has 1 aromatic rings. The van der Waals surface area contributed by atoms with Crippen LogP contribution < -0.4 is 5.32 Å². The Hall–Kier alpha value is -0.340. The van der Waals surface area contributed by atoms with Gasteiger partial charge >= 0.3 is 0 Å². The average Bonchev–Trinajstić information content (AvgIpc) is 2.25. The van der Waals surface area contributed by atoms with E-state index in [1.807, 2.05) is 0 Å². The minimum atomic E-state index is 0.702. The number of hydrogen-bond donors (Lipinski definition) is 1. The molecule has 1 N–H and O–H groups in total. The smallest absolute Gasteiger partial charge is 0.0208 e. The first-order valence-electron chi connectivity index (χ1n) is 6.61. The Morgan fingerprint density at radius 2 is 1.88 bits per heavy atom. The second-order valence-electron chi connectivity index (χ2n) is 5.63. The lowest BCUT2D eigenvalue weighted by molar-refractivity contribution is 0.238. The van der Waals surface area contributed by atoms with Gasteiger partial charge in [-0.15, -0.1) is 0 Å². The predicted octanol–water partition coefficient (Wildman–Crippen LogP) is 4.36. The molecule has 1 nitrogen and oxygen atoms in total. The van der Waals surface area contributed by atoms with E-state index in [9.17, 15) is 0 Å². The molecule has 17 heavy (non-hydrogen) atoms. The molecule has 2 atom stereocenters. The van der Waals surface area contributed by atoms with Crippen LogP contribution in [0.4, 0.5) is 0 Å². The molecule has 94 valence electrons. The van der Waals surface area contributed by atoms with E-state index in [1.54, 1.807) is 0 Å². The lowest BCUT2D eigenvalue weighted by atomic mass is 9.80. The summed E-state index contributed by atoms with van der Waals surface area (Å²) in [4.78, 5) is 0. The monoisotopic (exact) mass is 295 g/mol. The van der Waals surface area contributed by atoms with Gasteiger partial charge in [0.25, 0.3) is 0 Å². The van der Waals surface area contributed by atoms with Crippen molar-refractivity contribution >= 4 is 15.9 Å². The summed E-state index contributed by atoms with van der Waals surface area (Å²) in [5.74, 6) is 1.75. The van der Waals surface area contributed by atoms with Crippen LogP contribution in [0.5, 0.6) is 0 Å². The summed E-state index contributed by atoms with van der Waals surface area (Å²) < 4.78 is 1.17. The van der Waals surface area contributed by atoms with Gasteiger partial charge in [-0.1, -0.05) is 41.9 Å². The maximum atomic E-state index is 3.71. The molecule has 1 fully saturated rings. The van der Waals surface area contributed by atoms with Gasteiger partial charge in [0.15, 0.2) is 0 Å². The lowest BCUT2D eigenvalue weighted by Crippen LogP contribution is -2.35. The van der Waals surface area contributed by atoms with E-state index in [1.165, 1.54) is 29.3 Å². The van der Waals surface area contributed by atoms with Crippen LogP contribution >= 0.6 is 15.9 Å². The van der Waals surface area contributed by atoms with Crippen LogP contribution in [0.1, 0.15) is 38.7 Å². The van der Waals surface area contributed by atoms with Gasteiger partial charge in [0.2, 0.25) is 0 Å². The van der Waals surface area contributed by atoms with Crippen molar-refractivity contribution in [2.24, 2.45) is 11.8 Å². The van der Waals surface area contributed by atoms with Crippen molar-refractivity contribution in [3.8, 4) is 0 Å². The molecule has 0 amide bonds. The van der Waals surface area contributed by atoms with Crippen LogP contribution in [0.3, 0.4) is 0 Å². The molecule has 2 unspecified atom stereocenters. The third kappa shape index (κ3) is 4.11. The fourth-order valence-electron chi connectivity index (χ4n) is 3.02. The number of benzene rings is 1. The van der Waals surface area contributed by atoms with Gasteiger partial charge in [0.1, 0.15) is 0 Å². The summed E-state index contributed by atoms with van der Waals surface area (Å²) in [5, 5.41) is 3.71. The zero-order valence-electron chi connectivity index (χ0n) is 10.7. The Kier molecular flexibility index (Phi) is 4.63. The SMILES string of the molecule is CC1CC(C)CC(NCc2cccc(Br)c2)C1. The molecule has 2 heteroatoms. The van der Waals surface area contributed by atoms with Crippen molar-refractivity contribution in [1.29, 1.82) is 0 Å². The Morgan fingerprint density at radius 3 is 2.53 bits per heavy atom. The fraction of sp³-hybridized carbons (Fsp3) is 0.600. The van der Waals surface area contributed by atoms with Gasteiger partial charge in [0, 0.05) is 17.1 Å². The van der Waals surface area contributed by atoms with Crippen LogP contribution in [0.15, 0.2) is 28.7 Å². The summed E-state index contributed by atoms with van der Waals surface area (Å²) in [6, 6.07) is 9.27. The average molecular weight is 296 g/mol. The maximum Gasteiger partial charge on any atom is 0.0208 e. The Balaban J connectivity index is 1.85. The molecule has 0 aromatic heterocycles. The second-order valence-corrected chi connectivity index (χ2v) is 6.54. The summed E-state index contributed by atoms with van der Waals surface area (Å²) in [6.07, 6.45) is 4.06. The number of halogens is 1. The third-order valence-corrected chi connectivity index (χ3v) is 4.16. The highest BCUT2D eigenvalue weighted by Crippen LogP contribution is 2.28. The van der Waals surface area contributed by atoms with Gasteiger partial charge in [-0.3, -0.25) is 0 Å². The molecule has 1 aliphatic carbocycles. The van der Waals surface area contributed by atoms with E-state index in [-0.39, 0.29) is 0 Å². The standard InChI is InChI=1S/C15H22BrN/c1-11-6-12(2)8-15(7-11)17-10-13-4-3-5-14(16)9-13/h3-5,9,11-12,15,17H,6-8,10H2,1-2H3. The van der Waals surface area contributed by atoms with E-state index in [0.717, 1.165) is 18.4 Å². The minimum Gasteiger partial charge on any atom is -0.310 e. The van der Waals surface area contributed by atoms with Gasteiger partial charge in [0.05, 0.1) is 0 Å². The zero-order valence-corrected chi connectivity index (χ0v) is 12.3. The molecule has 1 aliphatic rings. The third-order valence-electron chi connectivity index (χ3n) is 3.66. The lowest BCUT2D eigenvalue weighted by Gasteiger charge is -2.32. The maximum absolute atomic E-state index is 3.71. The Labute approximate surface area is 113 Å². The van der Waals surface area contributed by atoms with E-state index < -0.39 is 0 Å². The number of hydrogen-bond acceptors (Lipinski definition) is 1. The quantitative estimate of drug-likeness (QED) is 0.873. The molecular weight excluding hydrogens is 274 g/mol. The summed E-state index contributed by atoms with van der Waals surface area (Å²) >= 11 is 3.52. The van der Waals surface area contributed by atoms with Crippen molar-refractivity contribution in [1.82, 2.24) is 5.32 Å². The molecule has 1 saturated carbocycles. The van der Waals surface area contributed by atoms with Crippen molar-refractivity contribution in [3.63, 3.8) is 0 Å². The molecular formula is C15H22BrN. The van der Waals surface area contributed by atoms with Gasteiger partial charge < -0.3 is 5.32 Å². The molecule has 0 saturated heterocycles. The zero-order chi connectivity index (χ0) is 12.3. The molecule has 0 heterocycles. The van der Waals surface area contributed by atoms with E-state index >= 15 is 0 Å². The highest BCUT2D eigenvalue weighted by molar-refractivity contribution is 9.10. The number of rotatable bonds is 3. The molecule has 2 rings (SSSR count). The Bertz CT molecular complexity index is 354. The summed E-state index contributed by atoms with van der Waals surface area (Å²) in [5.41, 5.74) is 1.37. The molecule has 0 radical (unpaired) electrons. The summed E-state index contributed by atoms with van der Waals surface area (Å²) in [6.45, 7) is 5.75. The van der Waals surface area contributed by atoms with Crippen molar-refractivity contribution in [2.75, 3.05) is 0 Å². The first-order valence-corrected chi connectivity index (χ1v) is 7.40. The largest absolute Gasteiger partial charge is 0.310 e. The molecule has 0 bridgehead atoms. The van der Waals surface area contributed by atoms with Crippen molar-refractivity contribution in [3.05, 3.63) is 34.3 Å². The summed E-state index contributed by atoms with van der Waals surface area (Å²) in [7, 11) is 0. The van der Waals surface area contributed by atoms with Crippen LogP contribution in [0.2, 0.25) is 0 Å². The van der Waals surface area contributed by atoms with Crippen LogP contribution in [0.25, 0.3) is 0 Å². The molecule has 0 aliphatic heterocycles. The highest BCUT2D eigenvalue weighted by atomic mass is 79.9. The predicted molar refractivity (Wildman–Crippen MR) is 76.9 cm³/mol. The van der Waals surface area contributed by atoms with Crippen LogP contribution in [-0.2, 0) is 6.54 Å². The molecule has 0 spiro atoms. The fourth-order valence-corrected chi connectivity index (χ4v) is 3.47. The van der Waals surface area contributed by atoms with Gasteiger partial charge in [-0.2, -0.15) is 0 Å². The van der Waals surface area contributed by atoms with Gasteiger partial charge in [-0.05, 0) is 48.8 Å². The highest BCUT2D eigenvalue weighted by Gasteiger charge is 2.23. The van der Waals surface area contributed by atoms with E-state index in [2.05, 4.69) is 59.4 Å². The Morgan fingerprint density at radius 1 is 1.18 bits per heavy atom. The molecule has 1 aromatic carbocycles. The minimum absolute atomic E-state index is 0.702. The number of nitrogens with one attached hydrogen (secondary N) is 1. The first kappa shape index (κ1) is 13.1. The van der Waals surface area contributed by atoms with E-state index in [0.29, 0.717) is 6.04 Å². The topological polar surface area (TPSA) is 12.0 Å². The van der Waals surface area contributed by atoms with Gasteiger partial charge in [-0.25, -0.2) is 0 Å². The second kappa shape index (κ2) is 6.01. The normalized spacial score (nSPS) is 29.2.